The number of carboxylic acids is 1. The van der Waals surface area contributed by atoms with Gasteiger partial charge in [0.15, 0.2) is 0 Å². The number of nitrogens with one attached hydrogen (secondary N) is 2. The van der Waals surface area contributed by atoms with Crippen molar-refractivity contribution in [2.75, 3.05) is 6.54 Å². The summed E-state index contributed by atoms with van der Waals surface area (Å²) in [5, 5.41) is 12.4. The van der Waals surface area contributed by atoms with Gasteiger partial charge in [0, 0.05) is 35.6 Å². The van der Waals surface area contributed by atoms with E-state index in [1.54, 1.807) is 6.07 Å². The lowest BCUT2D eigenvalue weighted by Crippen LogP contribution is -2.24. The predicted octanol–water partition coefficient (Wildman–Crippen LogP) is 2.54. The number of amides is 1. The Labute approximate surface area is 117 Å². The molecule has 2 aromatic rings. The van der Waals surface area contributed by atoms with Crippen LogP contribution < -0.4 is 5.32 Å². The average Bonchev–Trinajstić information content (AvgIpc) is 2.89. The largest absolute Gasteiger partial charge is 0.481 e. The van der Waals surface area contributed by atoms with E-state index in [1.807, 2.05) is 24.4 Å². The molecule has 106 valence electrons. The normalized spacial score (nSPS) is 10.6. The molecular formula is C15H18N2O3. The van der Waals surface area contributed by atoms with Crippen LogP contribution in [0.2, 0.25) is 0 Å². The molecule has 3 N–H and O–H groups in total. The highest BCUT2D eigenvalue weighted by molar-refractivity contribution is 5.98. The molecule has 1 heterocycles. The van der Waals surface area contributed by atoms with Crippen LogP contribution in [-0.2, 0) is 4.79 Å². The monoisotopic (exact) mass is 274 g/mol. The molecule has 0 bridgehead atoms. The highest BCUT2D eigenvalue weighted by Crippen LogP contribution is 2.14. The second kappa shape index (κ2) is 6.75. The maximum absolute atomic E-state index is 11.9. The maximum Gasteiger partial charge on any atom is 0.303 e. The van der Waals surface area contributed by atoms with E-state index in [-0.39, 0.29) is 12.3 Å². The second-order valence-corrected chi connectivity index (χ2v) is 4.74. The van der Waals surface area contributed by atoms with Gasteiger partial charge in [-0.1, -0.05) is 6.42 Å². The molecule has 0 radical (unpaired) electrons. The third kappa shape index (κ3) is 3.85. The van der Waals surface area contributed by atoms with E-state index in [0.29, 0.717) is 18.5 Å². The fraction of sp³-hybridized carbons (Fsp3) is 0.333. The number of aliphatic carboxylic acids is 1. The Balaban J connectivity index is 1.75. The predicted molar refractivity (Wildman–Crippen MR) is 76.7 cm³/mol. The Morgan fingerprint density at radius 3 is 2.80 bits per heavy atom. The highest BCUT2D eigenvalue weighted by Gasteiger charge is 2.06. The third-order valence-corrected chi connectivity index (χ3v) is 3.17. The first kappa shape index (κ1) is 14.1. The van der Waals surface area contributed by atoms with Gasteiger partial charge < -0.3 is 15.4 Å². The van der Waals surface area contributed by atoms with Gasteiger partial charge in [0.1, 0.15) is 0 Å². The SMILES string of the molecule is O=C(O)CCCCCNC(=O)c1ccc2[nH]ccc2c1. The van der Waals surface area contributed by atoms with E-state index in [2.05, 4.69) is 10.3 Å². The summed E-state index contributed by atoms with van der Waals surface area (Å²) in [4.78, 5) is 25.4. The first-order chi connectivity index (χ1) is 9.66. The number of hydrogen-bond donors (Lipinski definition) is 3. The minimum atomic E-state index is -0.770. The van der Waals surface area contributed by atoms with Crippen LogP contribution in [0.25, 0.3) is 10.9 Å². The second-order valence-electron chi connectivity index (χ2n) is 4.74. The summed E-state index contributed by atoms with van der Waals surface area (Å²) in [5.41, 5.74) is 1.65. The molecule has 1 aromatic carbocycles. The number of hydrogen-bond acceptors (Lipinski definition) is 2. The van der Waals surface area contributed by atoms with Gasteiger partial charge in [0.05, 0.1) is 0 Å². The van der Waals surface area contributed by atoms with Crippen molar-refractivity contribution >= 4 is 22.8 Å². The molecule has 0 saturated heterocycles. The Bertz CT molecular complexity index is 604. The number of H-pyrrole nitrogens is 1. The summed E-state index contributed by atoms with van der Waals surface area (Å²) < 4.78 is 0. The fourth-order valence-corrected chi connectivity index (χ4v) is 2.08. The quantitative estimate of drug-likeness (QED) is 0.678. The van der Waals surface area contributed by atoms with Gasteiger partial charge >= 0.3 is 5.97 Å². The zero-order valence-electron chi connectivity index (χ0n) is 11.2. The first-order valence-corrected chi connectivity index (χ1v) is 6.74. The van der Waals surface area contributed by atoms with Crippen LogP contribution in [0.4, 0.5) is 0 Å². The van der Waals surface area contributed by atoms with Gasteiger partial charge in [-0.2, -0.15) is 0 Å². The molecule has 0 unspecified atom stereocenters. The van der Waals surface area contributed by atoms with E-state index in [4.69, 9.17) is 5.11 Å². The number of aromatic nitrogens is 1. The number of fused-ring (bicyclic) bond motifs is 1. The number of aromatic amines is 1. The van der Waals surface area contributed by atoms with Crippen molar-refractivity contribution in [1.29, 1.82) is 0 Å². The molecule has 1 amide bonds. The van der Waals surface area contributed by atoms with Crippen LogP contribution in [0.3, 0.4) is 0 Å². The standard InChI is InChI=1S/C15H18N2O3/c18-14(19)4-2-1-3-8-17-15(20)12-5-6-13-11(10-12)7-9-16-13/h5-7,9-10,16H,1-4,8H2,(H,17,20)(H,18,19). The number of carbonyl (C=O) groups is 2. The minimum Gasteiger partial charge on any atom is -0.481 e. The van der Waals surface area contributed by atoms with Crippen molar-refractivity contribution in [3.63, 3.8) is 0 Å². The van der Waals surface area contributed by atoms with Crippen LogP contribution in [0.15, 0.2) is 30.5 Å². The lowest BCUT2D eigenvalue weighted by Gasteiger charge is -2.05. The van der Waals surface area contributed by atoms with Crippen molar-refractivity contribution < 1.29 is 14.7 Å². The molecule has 0 aliphatic heterocycles. The van der Waals surface area contributed by atoms with E-state index in [1.165, 1.54) is 0 Å². The Kier molecular flexibility index (Phi) is 4.76. The van der Waals surface area contributed by atoms with Gasteiger partial charge in [-0.15, -0.1) is 0 Å². The Morgan fingerprint density at radius 2 is 2.00 bits per heavy atom. The van der Waals surface area contributed by atoms with Crippen molar-refractivity contribution in [1.82, 2.24) is 10.3 Å². The molecule has 0 aliphatic rings. The Morgan fingerprint density at radius 1 is 1.15 bits per heavy atom. The van der Waals surface area contributed by atoms with Gasteiger partial charge in [-0.3, -0.25) is 9.59 Å². The van der Waals surface area contributed by atoms with Crippen molar-refractivity contribution in [2.45, 2.75) is 25.7 Å². The Hall–Kier alpha value is -2.30. The van der Waals surface area contributed by atoms with Crippen LogP contribution in [0, 0.1) is 0 Å². The number of unbranched alkanes of at least 4 members (excludes halogenated alkanes) is 2. The van der Waals surface area contributed by atoms with E-state index >= 15 is 0 Å². The lowest BCUT2D eigenvalue weighted by atomic mass is 10.1. The summed E-state index contributed by atoms with van der Waals surface area (Å²) in [6.07, 6.45) is 4.29. The zero-order valence-corrected chi connectivity index (χ0v) is 11.2. The third-order valence-electron chi connectivity index (χ3n) is 3.17. The van der Waals surface area contributed by atoms with E-state index in [9.17, 15) is 9.59 Å². The summed E-state index contributed by atoms with van der Waals surface area (Å²) in [6, 6.07) is 7.46. The van der Waals surface area contributed by atoms with Crippen molar-refractivity contribution in [2.24, 2.45) is 0 Å². The molecular weight excluding hydrogens is 256 g/mol. The summed E-state index contributed by atoms with van der Waals surface area (Å²) in [5.74, 6) is -0.861. The summed E-state index contributed by atoms with van der Waals surface area (Å²) in [7, 11) is 0. The highest BCUT2D eigenvalue weighted by atomic mass is 16.4. The van der Waals surface area contributed by atoms with Crippen LogP contribution in [0.5, 0.6) is 0 Å². The molecule has 1 aromatic heterocycles. The molecule has 20 heavy (non-hydrogen) atoms. The maximum atomic E-state index is 11.9. The fourth-order valence-electron chi connectivity index (χ4n) is 2.08. The first-order valence-electron chi connectivity index (χ1n) is 6.74. The van der Waals surface area contributed by atoms with Gasteiger partial charge in [0.2, 0.25) is 0 Å². The summed E-state index contributed by atoms with van der Waals surface area (Å²) >= 11 is 0. The summed E-state index contributed by atoms with van der Waals surface area (Å²) in [6.45, 7) is 0.573. The topological polar surface area (TPSA) is 82.2 Å². The van der Waals surface area contributed by atoms with Gasteiger partial charge in [-0.25, -0.2) is 0 Å². The van der Waals surface area contributed by atoms with Crippen LogP contribution >= 0.6 is 0 Å². The molecule has 2 rings (SSSR count). The van der Waals surface area contributed by atoms with Crippen molar-refractivity contribution in [3.8, 4) is 0 Å². The van der Waals surface area contributed by atoms with E-state index in [0.717, 1.165) is 23.7 Å². The molecule has 5 nitrogen and oxygen atoms in total. The van der Waals surface area contributed by atoms with Gasteiger partial charge in [-0.05, 0) is 37.1 Å². The van der Waals surface area contributed by atoms with Crippen LogP contribution in [-0.4, -0.2) is 28.5 Å². The molecule has 0 atom stereocenters. The number of benzene rings is 1. The smallest absolute Gasteiger partial charge is 0.303 e. The van der Waals surface area contributed by atoms with Crippen LogP contribution in [0.1, 0.15) is 36.0 Å². The zero-order chi connectivity index (χ0) is 14.4. The number of carbonyl (C=O) groups excluding carboxylic acids is 1. The lowest BCUT2D eigenvalue weighted by molar-refractivity contribution is -0.137. The number of rotatable bonds is 7. The molecule has 0 aliphatic carbocycles. The molecule has 0 spiro atoms. The minimum absolute atomic E-state index is 0.0914. The molecule has 5 heteroatoms. The van der Waals surface area contributed by atoms with Gasteiger partial charge in [0.25, 0.3) is 5.91 Å². The average molecular weight is 274 g/mol. The molecule has 0 fully saturated rings. The number of carboxylic acid groups (broad SMARTS) is 1. The molecule has 0 saturated carbocycles. The van der Waals surface area contributed by atoms with E-state index < -0.39 is 5.97 Å². The van der Waals surface area contributed by atoms with Crippen molar-refractivity contribution in [3.05, 3.63) is 36.0 Å².